The van der Waals surface area contributed by atoms with E-state index >= 15 is 0 Å². The van der Waals surface area contributed by atoms with Crippen LogP contribution in [0.3, 0.4) is 0 Å². The van der Waals surface area contributed by atoms with E-state index in [2.05, 4.69) is 9.97 Å². The number of benzene rings is 2. The van der Waals surface area contributed by atoms with Gasteiger partial charge >= 0.3 is 0 Å². The van der Waals surface area contributed by atoms with Crippen LogP contribution in [0.4, 0.5) is 5.69 Å². The van der Waals surface area contributed by atoms with Crippen molar-refractivity contribution in [2.24, 2.45) is 0 Å². The molecule has 0 spiro atoms. The van der Waals surface area contributed by atoms with Crippen molar-refractivity contribution < 1.29 is 8.42 Å². The molecule has 0 amide bonds. The fourth-order valence-corrected chi connectivity index (χ4v) is 3.28. The molecule has 0 unspecified atom stereocenters. The van der Waals surface area contributed by atoms with Crippen LogP contribution >= 0.6 is 0 Å². The average molecular weight is 287 g/mol. The fraction of sp³-hybridized carbons (Fsp3) is 0.0714. The zero-order chi connectivity index (χ0) is 14.2. The smallest absolute Gasteiger partial charge is 0.226 e. The number of nitrogens with one attached hydrogen (secondary N) is 1. The summed E-state index contributed by atoms with van der Waals surface area (Å²) in [5.74, 6) is -0.0802. The van der Waals surface area contributed by atoms with E-state index in [1.807, 2.05) is 18.2 Å². The first-order chi connectivity index (χ1) is 9.54. The van der Waals surface area contributed by atoms with Crippen molar-refractivity contribution in [2.45, 2.75) is 10.9 Å². The van der Waals surface area contributed by atoms with Gasteiger partial charge in [-0.05, 0) is 23.8 Å². The van der Waals surface area contributed by atoms with E-state index in [0.29, 0.717) is 16.7 Å². The highest BCUT2D eigenvalue weighted by Crippen LogP contribution is 2.20. The van der Waals surface area contributed by atoms with Crippen molar-refractivity contribution in [1.82, 2.24) is 9.97 Å². The normalized spacial score (nSPS) is 11.8. The van der Waals surface area contributed by atoms with Crippen LogP contribution in [-0.2, 0) is 15.6 Å². The number of rotatable bonds is 3. The minimum Gasteiger partial charge on any atom is -0.399 e. The lowest BCUT2D eigenvalue weighted by molar-refractivity contribution is 0.588. The number of H-pyrrole nitrogens is 1. The molecule has 0 aliphatic carbocycles. The lowest BCUT2D eigenvalue weighted by Crippen LogP contribution is -2.06. The second-order valence-corrected chi connectivity index (χ2v) is 6.47. The molecule has 102 valence electrons. The molecule has 2 aromatic carbocycles. The Morgan fingerprint density at radius 3 is 2.60 bits per heavy atom. The molecule has 0 atom stereocenters. The Kier molecular flexibility index (Phi) is 2.94. The highest BCUT2D eigenvalue weighted by Gasteiger charge is 2.19. The highest BCUT2D eigenvalue weighted by atomic mass is 32.2. The van der Waals surface area contributed by atoms with E-state index in [1.165, 1.54) is 0 Å². The Bertz CT molecular complexity index is 855. The van der Waals surface area contributed by atoms with E-state index in [-0.39, 0.29) is 10.9 Å². The number of nitrogen functional groups attached to an aromatic ring is 1. The van der Waals surface area contributed by atoms with Crippen molar-refractivity contribution in [2.75, 3.05) is 5.73 Å². The molecule has 0 radical (unpaired) electrons. The second-order valence-electron chi connectivity index (χ2n) is 4.56. The minimum absolute atomic E-state index is 0.0260. The molecule has 0 bridgehead atoms. The van der Waals surface area contributed by atoms with Gasteiger partial charge in [-0.15, -0.1) is 0 Å². The van der Waals surface area contributed by atoms with Gasteiger partial charge < -0.3 is 10.7 Å². The molecule has 0 saturated carbocycles. The molecule has 6 heteroatoms. The topological polar surface area (TPSA) is 88.8 Å². The van der Waals surface area contributed by atoms with Crippen LogP contribution in [0.5, 0.6) is 0 Å². The molecular weight excluding hydrogens is 274 g/mol. The van der Waals surface area contributed by atoms with Crippen molar-refractivity contribution in [1.29, 1.82) is 0 Å². The summed E-state index contributed by atoms with van der Waals surface area (Å²) in [7, 11) is -3.50. The fourth-order valence-electron chi connectivity index (χ4n) is 2.01. The van der Waals surface area contributed by atoms with Gasteiger partial charge in [0.15, 0.2) is 0 Å². The van der Waals surface area contributed by atoms with Gasteiger partial charge in [-0.3, -0.25) is 0 Å². The number of fused-ring (bicyclic) bond motifs is 1. The van der Waals surface area contributed by atoms with E-state index < -0.39 is 9.84 Å². The predicted molar refractivity (Wildman–Crippen MR) is 77.8 cm³/mol. The first-order valence-corrected chi connectivity index (χ1v) is 7.72. The average Bonchev–Trinajstić information content (AvgIpc) is 2.83. The maximum Gasteiger partial charge on any atom is 0.226 e. The van der Waals surface area contributed by atoms with Crippen LogP contribution in [-0.4, -0.2) is 18.4 Å². The van der Waals surface area contributed by atoms with Gasteiger partial charge in [0.25, 0.3) is 0 Å². The second kappa shape index (κ2) is 4.64. The number of anilines is 1. The molecule has 20 heavy (non-hydrogen) atoms. The van der Waals surface area contributed by atoms with Gasteiger partial charge in [0.2, 0.25) is 15.0 Å². The first-order valence-electron chi connectivity index (χ1n) is 6.06. The molecule has 3 N–H and O–H groups in total. The Morgan fingerprint density at radius 2 is 1.85 bits per heavy atom. The molecule has 0 aliphatic rings. The number of aromatic amines is 1. The lowest BCUT2D eigenvalue weighted by Gasteiger charge is -2.00. The molecule has 1 heterocycles. The third-order valence-corrected chi connectivity index (χ3v) is 4.48. The van der Waals surface area contributed by atoms with Crippen molar-refractivity contribution in [3.05, 3.63) is 54.1 Å². The van der Waals surface area contributed by atoms with Gasteiger partial charge in [-0.1, -0.05) is 30.3 Å². The SMILES string of the molecule is Nc1ccc2[nH]c(S(=O)(=O)Cc3ccccc3)nc2c1. The van der Waals surface area contributed by atoms with E-state index in [4.69, 9.17) is 5.73 Å². The Labute approximate surface area is 116 Å². The number of imidazole rings is 1. The van der Waals surface area contributed by atoms with Crippen molar-refractivity contribution in [3.63, 3.8) is 0 Å². The summed E-state index contributed by atoms with van der Waals surface area (Å²) < 4.78 is 24.7. The maximum atomic E-state index is 12.3. The predicted octanol–water partition coefficient (Wildman–Crippen LogP) is 2.12. The highest BCUT2D eigenvalue weighted by molar-refractivity contribution is 7.90. The molecule has 5 nitrogen and oxygen atoms in total. The summed E-state index contributed by atoms with van der Waals surface area (Å²) in [6, 6.07) is 14.1. The van der Waals surface area contributed by atoms with Gasteiger partial charge in [-0.2, -0.15) is 0 Å². The molecule has 3 aromatic rings. The molecular formula is C14H13N3O2S. The summed E-state index contributed by atoms with van der Waals surface area (Å²) in [4.78, 5) is 6.95. The van der Waals surface area contributed by atoms with Crippen molar-refractivity contribution in [3.8, 4) is 0 Å². The number of nitrogens with two attached hydrogens (primary N) is 1. The largest absolute Gasteiger partial charge is 0.399 e. The van der Waals surface area contributed by atoms with Gasteiger partial charge in [0, 0.05) is 5.69 Å². The summed E-state index contributed by atoms with van der Waals surface area (Å²) in [5, 5.41) is -0.0260. The molecule has 1 aromatic heterocycles. The molecule has 0 fully saturated rings. The maximum absolute atomic E-state index is 12.3. The van der Waals surface area contributed by atoms with E-state index in [9.17, 15) is 8.42 Å². The number of sulfone groups is 1. The summed E-state index contributed by atoms with van der Waals surface area (Å²) in [6.07, 6.45) is 0. The van der Waals surface area contributed by atoms with Gasteiger partial charge in [0.05, 0.1) is 16.8 Å². The zero-order valence-electron chi connectivity index (χ0n) is 10.6. The third kappa shape index (κ3) is 2.37. The van der Waals surface area contributed by atoms with Gasteiger partial charge in [0.1, 0.15) is 0 Å². The molecule has 0 saturated heterocycles. The number of hydrogen-bond acceptors (Lipinski definition) is 4. The van der Waals surface area contributed by atoms with Crippen LogP contribution in [0.15, 0.2) is 53.7 Å². The first kappa shape index (κ1) is 12.7. The van der Waals surface area contributed by atoms with Crippen LogP contribution < -0.4 is 5.73 Å². The third-order valence-electron chi connectivity index (χ3n) is 2.98. The summed E-state index contributed by atoms with van der Waals surface area (Å²) >= 11 is 0. The van der Waals surface area contributed by atoms with Crippen LogP contribution in [0, 0.1) is 0 Å². The quantitative estimate of drug-likeness (QED) is 0.722. The standard InChI is InChI=1S/C14H13N3O2S/c15-11-6-7-12-13(8-11)17-14(16-12)20(18,19)9-10-4-2-1-3-5-10/h1-8H,9,15H2,(H,16,17). The summed E-state index contributed by atoms with van der Waals surface area (Å²) in [6.45, 7) is 0. The zero-order valence-corrected chi connectivity index (χ0v) is 11.4. The van der Waals surface area contributed by atoms with E-state index in [0.717, 1.165) is 5.56 Å². The Morgan fingerprint density at radius 1 is 1.10 bits per heavy atom. The Balaban J connectivity index is 2.01. The monoisotopic (exact) mass is 287 g/mol. The van der Waals surface area contributed by atoms with Gasteiger partial charge in [-0.25, -0.2) is 13.4 Å². The number of hydrogen-bond donors (Lipinski definition) is 2. The number of nitrogens with zero attached hydrogens (tertiary/aromatic N) is 1. The van der Waals surface area contributed by atoms with Crippen LogP contribution in [0.2, 0.25) is 0 Å². The van der Waals surface area contributed by atoms with Crippen LogP contribution in [0.25, 0.3) is 11.0 Å². The number of aromatic nitrogens is 2. The lowest BCUT2D eigenvalue weighted by atomic mass is 10.2. The van der Waals surface area contributed by atoms with Crippen molar-refractivity contribution >= 4 is 26.6 Å². The Hall–Kier alpha value is -2.34. The van der Waals surface area contributed by atoms with E-state index in [1.54, 1.807) is 30.3 Å². The molecule has 3 rings (SSSR count). The summed E-state index contributed by atoms with van der Waals surface area (Å²) in [5.41, 5.74) is 8.15. The minimum atomic E-state index is -3.50. The van der Waals surface area contributed by atoms with Crippen LogP contribution in [0.1, 0.15) is 5.56 Å². The molecule has 0 aliphatic heterocycles.